The van der Waals surface area contributed by atoms with Crippen LogP contribution in [0.2, 0.25) is 5.02 Å². The van der Waals surface area contributed by atoms with Crippen molar-refractivity contribution in [3.63, 3.8) is 0 Å². The molecule has 9 heteroatoms. The molecule has 0 spiro atoms. The summed E-state index contributed by atoms with van der Waals surface area (Å²) in [5.41, 5.74) is 0.784. The Labute approximate surface area is 175 Å². The van der Waals surface area contributed by atoms with Gasteiger partial charge in [-0.2, -0.15) is 0 Å². The standard InChI is InChI=1S/C20H16ClFN2O4S/c1-2-28-16-7-6-13(21)8-12(16)9-17-19(26)24(20(27)29-17)11-18(25)23-15-5-3-4-14(22)10-15/h3-10H,2,11H2,1H3,(H,23,25)/b17-9-. The van der Waals surface area contributed by atoms with Gasteiger partial charge < -0.3 is 10.1 Å². The summed E-state index contributed by atoms with van der Waals surface area (Å²) in [6.07, 6.45) is 1.51. The molecule has 0 radical (unpaired) electrons. The SMILES string of the molecule is CCOc1ccc(Cl)cc1/C=C1\SC(=O)N(CC(=O)Nc2cccc(F)c2)C1=O. The molecule has 0 atom stereocenters. The molecule has 1 heterocycles. The number of carbonyl (C=O) groups is 3. The van der Waals surface area contributed by atoms with E-state index in [4.69, 9.17) is 16.3 Å². The maximum Gasteiger partial charge on any atom is 0.294 e. The van der Waals surface area contributed by atoms with Gasteiger partial charge in [-0.15, -0.1) is 0 Å². The number of nitrogens with zero attached hydrogens (tertiary/aromatic N) is 1. The molecule has 2 aromatic rings. The van der Waals surface area contributed by atoms with Gasteiger partial charge in [-0.1, -0.05) is 17.7 Å². The van der Waals surface area contributed by atoms with Crippen molar-refractivity contribution in [3.05, 3.63) is 63.8 Å². The summed E-state index contributed by atoms with van der Waals surface area (Å²) in [7, 11) is 0. The Hall–Kier alpha value is -2.84. The van der Waals surface area contributed by atoms with Gasteiger partial charge in [-0.25, -0.2) is 4.39 Å². The molecule has 3 rings (SSSR count). The Bertz CT molecular complexity index is 1010. The zero-order valence-corrected chi connectivity index (χ0v) is 16.8. The minimum Gasteiger partial charge on any atom is -0.493 e. The third-order valence-electron chi connectivity index (χ3n) is 3.84. The van der Waals surface area contributed by atoms with E-state index in [1.54, 1.807) is 18.2 Å². The fourth-order valence-corrected chi connectivity index (χ4v) is 3.62. The first-order valence-electron chi connectivity index (χ1n) is 8.60. The van der Waals surface area contributed by atoms with Crippen LogP contribution in [0.3, 0.4) is 0 Å². The van der Waals surface area contributed by atoms with Gasteiger partial charge in [0.15, 0.2) is 0 Å². The molecule has 1 N–H and O–H groups in total. The van der Waals surface area contributed by atoms with E-state index in [0.717, 1.165) is 22.7 Å². The number of ether oxygens (including phenoxy) is 1. The topological polar surface area (TPSA) is 75.7 Å². The van der Waals surface area contributed by atoms with Crippen LogP contribution in [0.5, 0.6) is 5.75 Å². The number of benzene rings is 2. The first kappa shape index (κ1) is 20.9. The molecular formula is C20H16ClFN2O4S. The minimum absolute atomic E-state index is 0.150. The quantitative estimate of drug-likeness (QED) is 0.675. The van der Waals surface area contributed by atoms with Gasteiger partial charge in [0.05, 0.1) is 11.5 Å². The van der Waals surface area contributed by atoms with E-state index in [1.807, 2.05) is 6.92 Å². The molecule has 0 aromatic heterocycles. The Balaban J connectivity index is 1.75. The number of hydrogen-bond acceptors (Lipinski definition) is 5. The van der Waals surface area contributed by atoms with Gasteiger partial charge in [-0.05, 0) is 61.2 Å². The highest BCUT2D eigenvalue weighted by molar-refractivity contribution is 8.18. The fraction of sp³-hybridized carbons (Fsp3) is 0.150. The van der Waals surface area contributed by atoms with Crippen molar-refractivity contribution in [2.24, 2.45) is 0 Å². The van der Waals surface area contributed by atoms with Crippen molar-refractivity contribution < 1.29 is 23.5 Å². The van der Waals surface area contributed by atoms with Gasteiger partial charge in [0.25, 0.3) is 11.1 Å². The van der Waals surface area contributed by atoms with Crippen LogP contribution in [0.15, 0.2) is 47.4 Å². The highest BCUT2D eigenvalue weighted by atomic mass is 35.5. The molecule has 2 aromatic carbocycles. The van der Waals surface area contributed by atoms with Crippen LogP contribution in [-0.2, 0) is 9.59 Å². The smallest absolute Gasteiger partial charge is 0.294 e. The molecule has 0 saturated carbocycles. The maximum atomic E-state index is 13.2. The molecule has 0 bridgehead atoms. The number of rotatable bonds is 6. The predicted octanol–water partition coefficient (Wildman–Crippen LogP) is 4.55. The third kappa shape index (κ3) is 5.16. The zero-order chi connectivity index (χ0) is 21.0. The fourth-order valence-electron chi connectivity index (χ4n) is 2.61. The summed E-state index contributed by atoms with van der Waals surface area (Å²) in [4.78, 5) is 38.0. The van der Waals surface area contributed by atoms with Gasteiger partial charge in [0, 0.05) is 16.3 Å². The second kappa shape index (κ2) is 9.11. The molecule has 29 heavy (non-hydrogen) atoms. The summed E-state index contributed by atoms with van der Waals surface area (Å²) in [6, 6.07) is 10.3. The van der Waals surface area contributed by atoms with E-state index in [1.165, 1.54) is 24.3 Å². The van der Waals surface area contributed by atoms with Crippen LogP contribution in [-0.4, -0.2) is 35.1 Å². The summed E-state index contributed by atoms with van der Waals surface area (Å²) in [5, 5.41) is 2.34. The van der Waals surface area contributed by atoms with E-state index in [-0.39, 0.29) is 10.6 Å². The van der Waals surface area contributed by atoms with Gasteiger partial charge in [0.1, 0.15) is 18.1 Å². The molecule has 6 nitrogen and oxygen atoms in total. The van der Waals surface area contributed by atoms with Crippen LogP contribution < -0.4 is 10.1 Å². The van der Waals surface area contributed by atoms with E-state index in [9.17, 15) is 18.8 Å². The first-order valence-corrected chi connectivity index (χ1v) is 9.80. The second-order valence-corrected chi connectivity index (χ2v) is 7.37. The average molecular weight is 435 g/mol. The van der Waals surface area contributed by atoms with E-state index in [0.29, 0.717) is 22.9 Å². The number of carbonyl (C=O) groups excluding carboxylic acids is 3. The van der Waals surface area contributed by atoms with Gasteiger partial charge >= 0.3 is 0 Å². The van der Waals surface area contributed by atoms with Crippen molar-refractivity contribution in [2.45, 2.75) is 6.92 Å². The highest BCUT2D eigenvalue weighted by Crippen LogP contribution is 2.34. The first-order chi connectivity index (χ1) is 13.9. The van der Waals surface area contributed by atoms with E-state index < -0.39 is 29.4 Å². The zero-order valence-electron chi connectivity index (χ0n) is 15.3. The Morgan fingerprint density at radius 3 is 2.79 bits per heavy atom. The number of halogens is 2. The summed E-state index contributed by atoms with van der Waals surface area (Å²) >= 11 is 6.74. The van der Waals surface area contributed by atoms with Gasteiger partial charge in [-0.3, -0.25) is 19.3 Å². The van der Waals surface area contributed by atoms with Gasteiger partial charge in [0.2, 0.25) is 5.91 Å². The van der Waals surface area contributed by atoms with Crippen molar-refractivity contribution >= 4 is 52.2 Å². The molecule has 0 unspecified atom stereocenters. The number of thioether (sulfide) groups is 1. The Morgan fingerprint density at radius 1 is 1.28 bits per heavy atom. The van der Waals surface area contributed by atoms with Crippen LogP contribution >= 0.6 is 23.4 Å². The lowest BCUT2D eigenvalue weighted by atomic mass is 10.2. The molecule has 1 aliphatic rings. The highest BCUT2D eigenvalue weighted by Gasteiger charge is 2.36. The summed E-state index contributed by atoms with van der Waals surface area (Å²) in [6.45, 7) is 1.76. The van der Waals surface area contributed by atoms with Crippen LogP contribution in [0, 0.1) is 5.82 Å². The predicted molar refractivity (Wildman–Crippen MR) is 110 cm³/mol. The summed E-state index contributed by atoms with van der Waals surface area (Å²) < 4.78 is 18.7. The van der Waals surface area contributed by atoms with Crippen molar-refractivity contribution in [1.82, 2.24) is 4.90 Å². The van der Waals surface area contributed by atoms with Crippen LogP contribution in [0.4, 0.5) is 14.9 Å². The number of nitrogens with one attached hydrogen (secondary N) is 1. The molecule has 150 valence electrons. The Morgan fingerprint density at radius 2 is 2.07 bits per heavy atom. The van der Waals surface area contributed by atoms with E-state index >= 15 is 0 Å². The molecular weight excluding hydrogens is 419 g/mol. The maximum absolute atomic E-state index is 13.2. The lowest BCUT2D eigenvalue weighted by Crippen LogP contribution is -2.36. The lowest BCUT2D eigenvalue weighted by Gasteiger charge is -2.12. The number of hydrogen-bond donors (Lipinski definition) is 1. The lowest BCUT2D eigenvalue weighted by molar-refractivity contribution is -0.127. The normalized spacial score (nSPS) is 15.1. The third-order valence-corrected chi connectivity index (χ3v) is 4.98. The number of amides is 3. The summed E-state index contributed by atoms with van der Waals surface area (Å²) in [5.74, 6) is -1.20. The largest absolute Gasteiger partial charge is 0.493 e. The molecule has 1 aliphatic heterocycles. The monoisotopic (exact) mass is 434 g/mol. The Kier molecular flexibility index (Phi) is 6.56. The number of anilines is 1. The van der Waals surface area contributed by atoms with Crippen LogP contribution in [0.25, 0.3) is 6.08 Å². The molecule has 1 saturated heterocycles. The average Bonchev–Trinajstić information content (AvgIpc) is 2.91. The minimum atomic E-state index is -0.614. The van der Waals surface area contributed by atoms with Crippen molar-refractivity contribution in [3.8, 4) is 5.75 Å². The van der Waals surface area contributed by atoms with E-state index in [2.05, 4.69) is 5.32 Å². The second-order valence-electron chi connectivity index (χ2n) is 5.94. The molecule has 3 amide bonds. The molecule has 1 fully saturated rings. The number of imide groups is 1. The van der Waals surface area contributed by atoms with Crippen molar-refractivity contribution in [2.75, 3.05) is 18.5 Å². The molecule has 0 aliphatic carbocycles. The van der Waals surface area contributed by atoms with Crippen molar-refractivity contribution in [1.29, 1.82) is 0 Å². The van der Waals surface area contributed by atoms with Crippen LogP contribution in [0.1, 0.15) is 12.5 Å².